The zero-order chi connectivity index (χ0) is 34.4. The maximum atomic E-state index is 2.40. The molecule has 0 N–H and O–H groups in total. The zero-order valence-electron chi connectivity index (χ0n) is 28.4. The third-order valence-corrected chi connectivity index (χ3v) is 11.4. The van der Waals surface area contributed by atoms with E-state index in [0.29, 0.717) is 0 Å². The summed E-state index contributed by atoms with van der Waals surface area (Å²) in [6.07, 6.45) is 0. The van der Waals surface area contributed by atoms with Gasteiger partial charge in [-0.1, -0.05) is 158 Å². The lowest BCUT2D eigenvalue weighted by Gasteiger charge is -2.24. The van der Waals surface area contributed by atoms with Gasteiger partial charge in [0.25, 0.3) is 0 Å². The van der Waals surface area contributed by atoms with Crippen LogP contribution in [-0.4, -0.2) is 0 Å². The van der Waals surface area contributed by atoms with Crippen molar-refractivity contribution in [3.63, 3.8) is 0 Å². The van der Waals surface area contributed by atoms with E-state index >= 15 is 0 Å². The minimum atomic E-state index is 1.13. The molecule has 0 atom stereocenters. The monoisotopic (exact) mass is 679 g/mol. The van der Waals surface area contributed by atoms with E-state index < -0.39 is 0 Å². The lowest BCUT2D eigenvalue weighted by atomic mass is 9.98. The highest BCUT2D eigenvalue weighted by Crippen LogP contribution is 2.44. The molecular weight excluding hydrogens is 647 g/mol. The molecule has 0 spiro atoms. The van der Waals surface area contributed by atoms with E-state index in [1.165, 1.54) is 80.8 Å². The second-order valence-corrected chi connectivity index (χ2v) is 14.5. The lowest BCUT2D eigenvalue weighted by molar-refractivity contribution is 1.32. The number of nitrogens with zero attached hydrogens (tertiary/aromatic N) is 1. The topological polar surface area (TPSA) is 3.24 Å². The average Bonchev–Trinajstić information content (AvgIpc) is 3.66. The molecule has 52 heavy (non-hydrogen) atoms. The molecular formula is C50H33NS. The Balaban J connectivity index is 1.01. The maximum Gasteiger partial charge on any atom is 0.101 e. The van der Waals surface area contributed by atoms with E-state index in [1.54, 1.807) is 0 Å². The SMILES string of the molecule is c1ccc2cc(-c3ccc(-c4ccc(N(c5ccc(-c6ccc7ccccc7c6)cc5)c5cc6ccc7ccccc7c6s5)cc4)cc3)ccc2c1. The van der Waals surface area contributed by atoms with E-state index in [-0.39, 0.29) is 0 Å². The summed E-state index contributed by atoms with van der Waals surface area (Å²) in [6.45, 7) is 0. The van der Waals surface area contributed by atoms with Crippen LogP contribution in [0.25, 0.3) is 75.8 Å². The predicted molar refractivity (Wildman–Crippen MR) is 225 cm³/mol. The van der Waals surface area contributed by atoms with Gasteiger partial charge in [-0.2, -0.15) is 0 Å². The number of fused-ring (bicyclic) bond motifs is 5. The summed E-state index contributed by atoms with van der Waals surface area (Å²) < 4.78 is 1.31. The first kappa shape index (κ1) is 30.4. The highest BCUT2D eigenvalue weighted by atomic mass is 32.1. The van der Waals surface area contributed by atoms with Crippen LogP contribution in [0.4, 0.5) is 16.4 Å². The smallest absolute Gasteiger partial charge is 0.101 e. The van der Waals surface area contributed by atoms with Crippen LogP contribution in [0, 0.1) is 0 Å². The first-order chi connectivity index (χ1) is 25.7. The summed E-state index contributed by atoms with van der Waals surface area (Å²) in [6, 6.07) is 73.0. The summed E-state index contributed by atoms with van der Waals surface area (Å²) in [7, 11) is 0. The van der Waals surface area contributed by atoms with Crippen LogP contribution in [0.5, 0.6) is 0 Å². The van der Waals surface area contributed by atoms with Gasteiger partial charge in [0.1, 0.15) is 5.00 Å². The van der Waals surface area contributed by atoms with Crippen molar-refractivity contribution in [2.24, 2.45) is 0 Å². The molecule has 0 aliphatic carbocycles. The highest BCUT2D eigenvalue weighted by Gasteiger charge is 2.17. The van der Waals surface area contributed by atoms with Gasteiger partial charge in [0.15, 0.2) is 0 Å². The van der Waals surface area contributed by atoms with Gasteiger partial charge in [0, 0.05) is 16.1 Å². The third kappa shape index (κ3) is 5.51. The molecule has 1 aromatic heterocycles. The molecule has 0 radical (unpaired) electrons. The first-order valence-electron chi connectivity index (χ1n) is 17.7. The fourth-order valence-electron chi connectivity index (χ4n) is 7.47. The van der Waals surface area contributed by atoms with Gasteiger partial charge >= 0.3 is 0 Å². The summed E-state index contributed by atoms with van der Waals surface area (Å²) in [5, 5.41) is 10.1. The Morgan fingerprint density at radius 1 is 0.288 bits per heavy atom. The van der Waals surface area contributed by atoms with E-state index in [4.69, 9.17) is 0 Å². The van der Waals surface area contributed by atoms with Crippen LogP contribution < -0.4 is 4.90 Å². The van der Waals surface area contributed by atoms with Gasteiger partial charge in [-0.05, 0) is 114 Å². The Labute approximate surface area is 307 Å². The lowest BCUT2D eigenvalue weighted by Crippen LogP contribution is -2.08. The fourth-order valence-corrected chi connectivity index (χ4v) is 8.70. The molecule has 9 aromatic carbocycles. The second-order valence-electron chi connectivity index (χ2n) is 13.4. The maximum absolute atomic E-state index is 2.40. The summed E-state index contributed by atoms with van der Waals surface area (Å²) in [5.74, 6) is 0. The quantitative estimate of drug-likeness (QED) is 0.169. The van der Waals surface area contributed by atoms with Crippen molar-refractivity contribution < 1.29 is 0 Å². The molecule has 244 valence electrons. The van der Waals surface area contributed by atoms with Crippen molar-refractivity contribution in [2.45, 2.75) is 0 Å². The average molecular weight is 680 g/mol. The molecule has 1 heterocycles. The standard InChI is InChI=1S/C50H33NS/c1-3-10-41-31-43(20-17-34(41)7-1)38-15-13-36(14-16-38)37-23-27-46(28-24-37)51(49-33-45-22-19-40-9-5-6-12-48(40)50(45)52-49)47-29-25-39(26-30-47)44-21-18-35-8-2-4-11-42(35)32-44/h1-33H. The zero-order valence-corrected chi connectivity index (χ0v) is 29.2. The van der Waals surface area contributed by atoms with Crippen molar-refractivity contribution in [3.05, 3.63) is 200 Å². The third-order valence-electron chi connectivity index (χ3n) is 10.3. The normalized spacial score (nSPS) is 11.5. The van der Waals surface area contributed by atoms with Crippen LogP contribution in [0.2, 0.25) is 0 Å². The predicted octanol–water partition coefficient (Wildman–Crippen LogP) is 14.8. The number of anilines is 3. The molecule has 0 saturated carbocycles. The highest BCUT2D eigenvalue weighted by molar-refractivity contribution is 7.23. The largest absolute Gasteiger partial charge is 0.302 e. The Bertz CT molecular complexity index is 2880. The van der Waals surface area contributed by atoms with Crippen molar-refractivity contribution in [3.8, 4) is 33.4 Å². The number of hydrogen-bond donors (Lipinski definition) is 0. The summed E-state index contributed by atoms with van der Waals surface area (Å²) >= 11 is 1.85. The molecule has 0 saturated heterocycles. The van der Waals surface area contributed by atoms with Gasteiger partial charge in [0.05, 0.1) is 0 Å². The molecule has 1 nitrogen and oxygen atoms in total. The van der Waals surface area contributed by atoms with Crippen molar-refractivity contribution >= 4 is 70.1 Å². The Morgan fingerprint density at radius 2 is 0.673 bits per heavy atom. The minimum absolute atomic E-state index is 1.13. The molecule has 0 fully saturated rings. The van der Waals surface area contributed by atoms with E-state index in [1.807, 2.05) is 11.3 Å². The number of hydrogen-bond acceptors (Lipinski definition) is 2. The van der Waals surface area contributed by atoms with Crippen molar-refractivity contribution in [1.82, 2.24) is 0 Å². The van der Waals surface area contributed by atoms with Crippen LogP contribution >= 0.6 is 11.3 Å². The van der Waals surface area contributed by atoms with Gasteiger partial charge in [-0.3, -0.25) is 0 Å². The number of thiophene rings is 1. The van der Waals surface area contributed by atoms with E-state index in [9.17, 15) is 0 Å². The molecule has 0 amide bonds. The number of rotatable bonds is 6. The Hall–Kier alpha value is -6.48. The molecule has 10 rings (SSSR count). The van der Waals surface area contributed by atoms with Crippen LogP contribution in [-0.2, 0) is 0 Å². The minimum Gasteiger partial charge on any atom is -0.302 e. The molecule has 0 unspecified atom stereocenters. The van der Waals surface area contributed by atoms with Crippen LogP contribution in [0.3, 0.4) is 0 Å². The molecule has 10 aromatic rings. The van der Waals surface area contributed by atoms with Crippen LogP contribution in [0.15, 0.2) is 200 Å². The van der Waals surface area contributed by atoms with Gasteiger partial charge in [0.2, 0.25) is 0 Å². The molecule has 2 heteroatoms. The molecule has 0 bridgehead atoms. The van der Waals surface area contributed by atoms with Gasteiger partial charge in [-0.25, -0.2) is 0 Å². The molecule has 0 aliphatic rings. The van der Waals surface area contributed by atoms with Crippen molar-refractivity contribution in [1.29, 1.82) is 0 Å². The summed E-state index contributed by atoms with van der Waals surface area (Å²) in [5.41, 5.74) is 9.55. The Morgan fingerprint density at radius 3 is 1.21 bits per heavy atom. The summed E-state index contributed by atoms with van der Waals surface area (Å²) in [4.78, 5) is 2.40. The Kier molecular flexibility index (Phi) is 7.41. The van der Waals surface area contributed by atoms with Gasteiger partial charge < -0.3 is 4.90 Å². The number of benzene rings is 9. The fraction of sp³-hybridized carbons (Fsp3) is 0. The molecule has 0 aliphatic heterocycles. The van der Waals surface area contributed by atoms with Gasteiger partial charge in [-0.15, -0.1) is 11.3 Å². The first-order valence-corrected chi connectivity index (χ1v) is 18.6. The van der Waals surface area contributed by atoms with Crippen LogP contribution in [0.1, 0.15) is 0 Å². The van der Waals surface area contributed by atoms with Crippen molar-refractivity contribution in [2.75, 3.05) is 4.90 Å². The second kappa shape index (κ2) is 12.7. The van der Waals surface area contributed by atoms with E-state index in [0.717, 1.165) is 11.4 Å². The van der Waals surface area contributed by atoms with E-state index in [2.05, 4.69) is 205 Å².